The second-order valence-corrected chi connectivity index (χ2v) is 4.88. The van der Waals surface area contributed by atoms with Crippen molar-refractivity contribution in [1.29, 1.82) is 0 Å². The molecular weight excluding hydrogens is 256 g/mol. The first-order valence-corrected chi connectivity index (χ1v) is 7.09. The van der Waals surface area contributed by atoms with Gasteiger partial charge >= 0.3 is 0 Å². The van der Waals surface area contributed by atoms with Crippen molar-refractivity contribution >= 4 is 11.6 Å². The zero-order valence-electron chi connectivity index (χ0n) is 12.0. The van der Waals surface area contributed by atoms with Gasteiger partial charge in [-0.2, -0.15) is 0 Å². The monoisotopic (exact) mass is 278 g/mol. The highest BCUT2D eigenvalue weighted by atomic mass is 16.5. The van der Waals surface area contributed by atoms with E-state index in [1.54, 1.807) is 18.2 Å². The van der Waals surface area contributed by atoms with Crippen LogP contribution < -0.4 is 15.8 Å². The molecule has 1 aromatic carbocycles. The van der Waals surface area contributed by atoms with Crippen LogP contribution in [0, 0.1) is 0 Å². The highest BCUT2D eigenvalue weighted by Crippen LogP contribution is 2.28. The fraction of sp³-hybridized carbons (Fsp3) is 0.533. The molecule has 1 amide bonds. The molecule has 0 atom stereocenters. The topological polar surface area (TPSA) is 73.6 Å². The quantitative estimate of drug-likeness (QED) is 0.780. The molecule has 1 fully saturated rings. The molecule has 20 heavy (non-hydrogen) atoms. The Morgan fingerprint density at radius 1 is 1.35 bits per heavy atom. The molecule has 5 heteroatoms. The molecule has 3 N–H and O–H groups in total. The third-order valence-electron chi connectivity index (χ3n) is 3.41. The van der Waals surface area contributed by atoms with E-state index in [1.807, 2.05) is 13.8 Å². The third-order valence-corrected chi connectivity index (χ3v) is 3.41. The molecule has 0 unspecified atom stereocenters. The number of amides is 1. The number of nitrogens with two attached hydrogens (primary N) is 1. The predicted molar refractivity (Wildman–Crippen MR) is 77.9 cm³/mol. The van der Waals surface area contributed by atoms with Crippen molar-refractivity contribution in [3.05, 3.63) is 23.8 Å². The van der Waals surface area contributed by atoms with Gasteiger partial charge in [-0.05, 0) is 38.8 Å². The molecular formula is C15H22N2O3. The van der Waals surface area contributed by atoms with Crippen LogP contribution in [0.5, 0.6) is 5.75 Å². The van der Waals surface area contributed by atoms with Gasteiger partial charge in [0.15, 0.2) is 5.75 Å². The third kappa shape index (κ3) is 3.22. The second-order valence-electron chi connectivity index (χ2n) is 4.88. The number of hydrogen-bond donors (Lipinski definition) is 2. The summed E-state index contributed by atoms with van der Waals surface area (Å²) in [5, 5.41) is 2.99. The average Bonchev–Trinajstić information content (AvgIpc) is 2.38. The maximum atomic E-state index is 12.3. The average molecular weight is 278 g/mol. The molecule has 0 aliphatic heterocycles. The van der Waals surface area contributed by atoms with Gasteiger partial charge in [-0.25, -0.2) is 0 Å². The number of ether oxygens (including phenoxy) is 2. The fourth-order valence-electron chi connectivity index (χ4n) is 2.36. The van der Waals surface area contributed by atoms with Crippen molar-refractivity contribution in [2.24, 2.45) is 0 Å². The van der Waals surface area contributed by atoms with Gasteiger partial charge in [0, 0.05) is 12.6 Å². The van der Waals surface area contributed by atoms with E-state index in [9.17, 15) is 4.79 Å². The zero-order chi connectivity index (χ0) is 14.5. The van der Waals surface area contributed by atoms with E-state index in [-0.39, 0.29) is 18.1 Å². The van der Waals surface area contributed by atoms with Gasteiger partial charge < -0.3 is 20.5 Å². The number of benzene rings is 1. The molecule has 0 bridgehead atoms. The van der Waals surface area contributed by atoms with Crippen molar-refractivity contribution in [1.82, 2.24) is 5.32 Å². The van der Waals surface area contributed by atoms with Gasteiger partial charge in [-0.3, -0.25) is 4.79 Å². The Morgan fingerprint density at radius 3 is 2.75 bits per heavy atom. The molecule has 0 saturated heterocycles. The Labute approximate surface area is 119 Å². The summed E-state index contributed by atoms with van der Waals surface area (Å²) in [5.74, 6) is 0.328. The van der Waals surface area contributed by atoms with Crippen LogP contribution >= 0.6 is 0 Å². The standard InChI is InChI=1S/C15H22N2O3/c1-3-19-11-8-10(9-11)17-15(18)12-6-5-7-13(16)14(12)20-4-2/h5-7,10-11H,3-4,8-9,16H2,1-2H3,(H,17,18). The molecule has 0 radical (unpaired) electrons. The molecule has 1 aromatic rings. The lowest BCUT2D eigenvalue weighted by Gasteiger charge is -2.35. The lowest BCUT2D eigenvalue weighted by atomic mass is 9.89. The van der Waals surface area contributed by atoms with Crippen LogP contribution in [-0.4, -0.2) is 31.3 Å². The fourth-order valence-corrected chi connectivity index (χ4v) is 2.36. The minimum Gasteiger partial charge on any atom is -0.491 e. The van der Waals surface area contributed by atoms with Crippen LogP contribution in [0.1, 0.15) is 37.0 Å². The van der Waals surface area contributed by atoms with Gasteiger partial charge in [0.25, 0.3) is 5.91 Å². The number of carbonyl (C=O) groups excluding carboxylic acids is 1. The largest absolute Gasteiger partial charge is 0.491 e. The van der Waals surface area contributed by atoms with E-state index < -0.39 is 0 Å². The van der Waals surface area contributed by atoms with Crippen molar-refractivity contribution in [3.8, 4) is 5.75 Å². The van der Waals surface area contributed by atoms with Crippen molar-refractivity contribution in [3.63, 3.8) is 0 Å². The Bertz CT molecular complexity index is 470. The smallest absolute Gasteiger partial charge is 0.255 e. The van der Waals surface area contributed by atoms with E-state index in [4.69, 9.17) is 15.2 Å². The van der Waals surface area contributed by atoms with Gasteiger partial charge in [0.2, 0.25) is 0 Å². The normalized spacial score (nSPS) is 21.1. The summed E-state index contributed by atoms with van der Waals surface area (Å²) >= 11 is 0. The van der Waals surface area contributed by atoms with Gasteiger partial charge in [0.05, 0.1) is 24.0 Å². The zero-order valence-corrected chi connectivity index (χ0v) is 12.0. The SMILES string of the molecule is CCOc1c(N)cccc1C(=O)NC1CC(OCC)C1. The van der Waals surface area contributed by atoms with Gasteiger partial charge in [-0.15, -0.1) is 0 Å². The number of carbonyl (C=O) groups is 1. The Hall–Kier alpha value is -1.75. The van der Waals surface area contributed by atoms with E-state index in [0.29, 0.717) is 23.6 Å². The minimum absolute atomic E-state index is 0.138. The second kappa shape index (κ2) is 6.61. The van der Waals surface area contributed by atoms with E-state index in [2.05, 4.69) is 5.32 Å². The molecule has 0 aromatic heterocycles. The highest BCUT2D eigenvalue weighted by molar-refractivity contribution is 5.98. The Balaban J connectivity index is 1.98. The molecule has 0 spiro atoms. The van der Waals surface area contributed by atoms with Crippen LogP contribution in [0.15, 0.2) is 18.2 Å². The number of para-hydroxylation sites is 1. The summed E-state index contributed by atoms with van der Waals surface area (Å²) in [6, 6.07) is 5.40. The number of nitrogens with one attached hydrogen (secondary N) is 1. The molecule has 5 nitrogen and oxygen atoms in total. The first-order chi connectivity index (χ1) is 9.65. The molecule has 1 aliphatic carbocycles. The lowest BCUT2D eigenvalue weighted by molar-refractivity contribution is -0.00864. The summed E-state index contributed by atoms with van der Waals surface area (Å²) in [6.07, 6.45) is 2.01. The lowest BCUT2D eigenvalue weighted by Crippen LogP contribution is -2.47. The van der Waals surface area contributed by atoms with Crippen LogP contribution in [0.25, 0.3) is 0 Å². The maximum absolute atomic E-state index is 12.3. The van der Waals surface area contributed by atoms with Gasteiger partial charge in [-0.1, -0.05) is 6.07 Å². The van der Waals surface area contributed by atoms with Crippen LogP contribution in [-0.2, 0) is 4.74 Å². The molecule has 2 rings (SSSR count). The predicted octanol–water partition coefficient (Wildman–Crippen LogP) is 1.96. The van der Waals surface area contributed by atoms with Gasteiger partial charge in [0.1, 0.15) is 0 Å². The molecule has 1 aliphatic rings. The Kier molecular flexibility index (Phi) is 4.84. The number of nitrogen functional groups attached to an aromatic ring is 1. The van der Waals surface area contributed by atoms with Crippen molar-refractivity contribution < 1.29 is 14.3 Å². The Morgan fingerprint density at radius 2 is 2.10 bits per heavy atom. The van der Waals surface area contributed by atoms with Crippen molar-refractivity contribution in [2.45, 2.75) is 38.8 Å². The molecule has 110 valence electrons. The highest BCUT2D eigenvalue weighted by Gasteiger charge is 2.31. The summed E-state index contributed by atoms with van der Waals surface area (Å²) in [7, 11) is 0. The number of anilines is 1. The van der Waals surface area contributed by atoms with Crippen LogP contribution in [0.2, 0.25) is 0 Å². The van der Waals surface area contributed by atoms with E-state index in [1.165, 1.54) is 0 Å². The molecule has 0 heterocycles. The maximum Gasteiger partial charge on any atom is 0.255 e. The van der Waals surface area contributed by atoms with Crippen LogP contribution in [0.3, 0.4) is 0 Å². The van der Waals surface area contributed by atoms with E-state index >= 15 is 0 Å². The number of hydrogen-bond acceptors (Lipinski definition) is 4. The summed E-state index contributed by atoms with van der Waals surface area (Å²) in [6.45, 7) is 5.04. The van der Waals surface area contributed by atoms with E-state index in [0.717, 1.165) is 19.4 Å². The first-order valence-electron chi connectivity index (χ1n) is 7.09. The van der Waals surface area contributed by atoms with Crippen molar-refractivity contribution in [2.75, 3.05) is 18.9 Å². The number of rotatable bonds is 6. The van der Waals surface area contributed by atoms with Crippen LogP contribution in [0.4, 0.5) is 5.69 Å². The molecule has 1 saturated carbocycles. The summed E-state index contributed by atoms with van der Waals surface area (Å²) < 4.78 is 11.0. The summed E-state index contributed by atoms with van der Waals surface area (Å²) in [4.78, 5) is 12.3. The minimum atomic E-state index is -0.138. The first kappa shape index (κ1) is 14.7. The summed E-state index contributed by atoms with van der Waals surface area (Å²) in [5.41, 5.74) is 6.84.